The van der Waals surface area contributed by atoms with Crippen LogP contribution >= 0.6 is 0 Å². The summed E-state index contributed by atoms with van der Waals surface area (Å²) in [6.07, 6.45) is 1.90. The number of aromatic amines is 1. The Morgan fingerprint density at radius 2 is 1.83 bits per heavy atom. The highest BCUT2D eigenvalue weighted by molar-refractivity contribution is 5.96. The van der Waals surface area contributed by atoms with Gasteiger partial charge < -0.3 is 10.1 Å². The molecule has 0 amide bonds. The number of para-hydroxylation sites is 1. The third kappa shape index (κ3) is 2.46. The van der Waals surface area contributed by atoms with Crippen molar-refractivity contribution in [2.45, 2.75) is 6.54 Å². The van der Waals surface area contributed by atoms with Crippen LogP contribution in [0.5, 0.6) is 0 Å². The molecule has 24 heavy (non-hydrogen) atoms. The van der Waals surface area contributed by atoms with Gasteiger partial charge >= 0.3 is 5.97 Å². The highest BCUT2D eigenvalue weighted by Gasteiger charge is 2.17. The minimum absolute atomic E-state index is 0.0474. The lowest BCUT2D eigenvalue weighted by Gasteiger charge is -2.07. The van der Waals surface area contributed by atoms with Gasteiger partial charge in [-0.3, -0.25) is 4.68 Å². The molecule has 5 heteroatoms. The molecule has 4 aromatic rings. The van der Waals surface area contributed by atoms with Gasteiger partial charge in [0.15, 0.2) is 5.69 Å². The molecule has 0 radical (unpaired) electrons. The number of carboxylic acid groups (broad SMARTS) is 1. The highest BCUT2D eigenvalue weighted by atomic mass is 16.4. The zero-order chi connectivity index (χ0) is 16.5. The van der Waals surface area contributed by atoms with Gasteiger partial charge in [-0.2, -0.15) is 5.10 Å². The monoisotopic (exact) mass is 317 g/mol. The molecular formula is C19H15N3O2. The molecule has 0 saturated heterocycles. The van der Waals surface area contributed by atoms with E-state index in [0.29, 0.717) is 6.54 Å². The molecule has 0 saturated carbocycles. The van der Waals surface area contributed by atoms with Crippen LogP contribution in [0.2, 0.25) is 0 Å². The van der Waals surface area contributed by atoms with Gasteiger partial charge in [0.2, 0.25) is 0 Å². The molecule has 0 unspecified atom stereocenters. The van der Waals surface area contributed by atoms with E-state index < -0.39 is 5.97 Å². The van der Waals surface area contributed by atoms with Gasteiger partial charge in [-0.15, -0.1) is 0 Å². The van der Waals surface area contributed by atoms with Crippen LogP contribution < -0.4 is 0 Å². The maximum absolute atomic E-state index is 11.4. The van der Waals surface area contributed by atoms with Crippen LogP contribution in [-0.4, -0.2) is 25.8 Å². The number of H-pyrrole nitrogens is 1. The van der Waals surface area contributed by atoms with Crippen LogP contribution in [0.15, 0.2) is 66.9 Å². The Bertz CT molecular complexity index is 1020. The standard InChI is InChI=1S/C19H15N3O2/c23-19(24)17-10-18(15-11-20-16-9-5-4-8-14(15)16)22(21-17)12-13-6-2-1-3-7-13/h1-11,20H,12H2,(H,23,24). The molecule has 0 spiro atoms. The van der Waals surface area contributed by atoms with Gasteiger partial charge in [-0.25, -0.2) is 4.79 Å². The SMILES string of the molecule is O=C(O)c1cc(-c2c[nH]c3ccccc23)n(Cc2ccccc2)n1. The second kappa shape index (κ2) is 5.70. The van der Waals surface area contributed by atoms with Crippen molar-refractivity contribution in [1.29, 1.82) is 0 Å². The van der Waals surface area contributed by atoms with Crippen LogP contribution in [-0.2, 0) is 6.54 Å². The summed E-state index contributed by atoms with van der Waals surface area (Å²) in [4.78, 5) is 14.6. The van der Waals surface area contributed by atoms with Crippen LogP contribution in [0.25, 0.3) is 22.2 Å². The first-order chi connectivity index (χ1) is 11.7. The van der Waals surface area contributed by atoms with Crippen molar-refractivity contribution >= 4 is 16.9 Å². The third-order valence-corrected chi connectivity index (χ3v) is 4.04. The lowest BCUT2D eigenvalue weighted by Crippen LogP contribution is -2.05. The van der Waals surface area contributed by atoms with Crippen molar-refractivity contribution in [2.75, 3.05) is 0 Å². The molecular weight excluding hydrogens is 302 g/mol. The molecule has 4 rings (SSSR count). The number of benzene rings is 2. The second-order valence-corrected chi connectivity index (χ2v) is 5.61. The molecule has 0 bridgehead atoms. The minimum Gasteiger partial charge on any atom is -0.476 e. The minimum atomic E-state index is -1.03. The van der Waals surface area contributed by atoms with Crippen LogP contribution in [0.3, 0.4) is 0 Å². The molecule has 5 nitrogen and oxygen atoms in total. The molecule has 2 aromatic carbocycles. The molecule has 0 atom stereocenters. The fraction of sp³-hybridized carbons (Fsp3) is 0.0526. The second-order valence-electron chi connectivity index (χ2n) is 5.61. The van der Waals surface area contributed by atoms with Crippen LogP contribution in [0, 0.1) is 0 Å². The van der Waals surface area contributed by atoms with Crippen molar-refractivity contribution in [1.82, 2.24) is 14.8 Å². The van der Waals surface area contributed by atoms with E-state index in [9.17, 15) is 9.90 Å². The number of carbonyl (C=O) groups is 1. The van der Waals surface area contributed by atoms with E-state index in [1.807, 2.05) is 60.8 Å². The van der Waals surface area contributed by atoms with E-state index in [2.05, 4.69) is 10.1 Å². The molecule has 0 aliphatic rings. The van der Waals surface area contributed by atoms with Crippen molar-refractivity contribution in [3.8, 4) is 11.3 Å². The van der Waals surface area contributed by atoms with E-state index in [1.165, 1.54) is 0 Å². The molecule has 118 valence electrons. The lowest BCUT2D eigenvalue weighted by molar-refractivity contribution is 0.0689. The van der Waals surface area contributed by atoms with Crippen molar-refractivity contribution in [3.05, 3.63) is 78.1 Å². The summed E-state index contributed by atoms with van der Waals surface area (Å²) in [6.45, 7) is 0.517. The number of aromatic carboxylic acids is 1. The van der Waals surface area contributed by atoms with Crippen LogP contribution in [0.1, 0.15) is 16.1 Å². The summed E-state index contributed by atoms with van der Waals surface area (Å²) in [6, 6.07) is 19.4. The van der Waals surface area contributed by atoms with Gasteiger partial charge in [0.05, 0.1) is 12.2 Å². The molecule has 2 aromatic heterocycles. The molecule has 2 heterocycles. The molecule has 2 N–H and O–H groups in total. The topological polar surface area (TPSA) is 70.9 Å². The number of aromatic nitrogens is 3. The quantitative estimate of drug-likeness (QED) is 0.602. The summed E-state index contributed by atoms with van der Waals surface area (Å²) >= 11 is 0. The number of hydrogen-bond acceptors (Lipinski definition) is 2. The summed E-state index contributed by atoms with van der Waals surface area (Å²) in [5.41, 5.74) is 3.86. The molecule has 0 aliphatic carbocycles. The van der Waals surface area contributed by atoms with Crippen LogP contribution in [0.4, 0.5) is 0 Å². The maximum Gasteiger partial charge on any atom is 0.356 e. The normalized spacial score (nSPS) is 11.0. The van der Waals surface area contributed by atoms with Crippen molar-refractivity contribution in [2.24, 2.45) is 0 Å². The number of rotatable bonds is 4. The number of nitrogens with one attached hydrogen (secondary N) is 1. The molecule has 0 fully saturated rings. The van der Waals surface area contributed by atoms with E-state index in [4.69, 9.17) is 0 Å². The lowest BCUT2D eigenvalue weighted by atomic mass is 10.1. The fourth-order valence-electron chi connectivity index (χ4n) is 2.90. The first-order valence-corrected chi connectivity index (χ1v) is 7.64. The summed E-state index contributed by atoms with van der Waals surface area (Å²) in [5, 5.41) is 14.6. The average molecular weight is 317 g/mol. The zero-order valence-corrected chi connectivity index (χ0v) is 12.8. The largest absolute Gasteiger partial charge is 0.476 e. The van der Waals surface area contributed by atoms with Gasteiger partial charge in [0, 0.05) is 22.7 Å². The van der Waals surface area contributed by atoms with Gasteiger partial charge in [0.25, 0.3) is 0 Å². The Morgan fingerprint density at radius 3 is 2.62 bits per heavy atom. The Labute approximate surface area is 138 Å². The first-order valence-electron chi connectivity index (χ1n) is 7.64. The smallest absolute Gasteiger partial charge is 0.356 e. The Kier molecular flexibility index (Phi) is 3.39. The molecule has 0 aliphatic heterocycles. The maximum atomic E-state index is 11.4. The summed E-state index contributed by atoms with van der Waals surface area (Å²) < 4.78 is 1.74. The summed E-state index contributed by atoms with van der Waals surface area (Å²) in [7, 11) is 0. The van der Waals surface area contributed by atoms with Crippen molar-refractivity contribution in [3.63, 3.8) is 0 Å². The average Bonchev–Trinajstić information content (AvgIpc) is 3.20. The number of carboxylic acids is 1. The number of fused-ring (bicyclic) bond motifs is 1. The predicted octanol–water partition coefficient (Wildman–Crippen LogP) is 3.78. The Morgan fingerprint density at radius 1 is 1.08 bits per heavy atom. The zero-order valence-electron chi connectivity index (χ0n) is 12.8. The third-order valence-electron chi connectivity index (χ3n) is 4.04. The van der Waals surface area contributed by atoms with Gasteiger partial charge in [-0.1, -0.05) is 48.5 Å². The number of nitrogens with zero attached hydrogens (tertiary/aromatic N) is 2. The van der Waals surface area contributed by atoms with Gasteiger partial charge in [-0.05, 0) is 17.7 Å². The van der Waals surface area contributed by atoms with E-state index in [0.717, 1.165) is 27.7 Å². The van der Waals surface area contributed by atoms with Gasteiger partial charge in [0.1, 0.15) is 0 Å². The summed E-state index contributed by atoms with van der Waals surface area (Å²) in [5.74, 6) is -1.03. The Hall–Kier alpha value is -3.34. The highest BCUT2D eigenvalue weighted by Crippen LogP contribution is 2.29. The first kappa shape index (κ1) is 14.3. The van der Waals surface area contributed by atoms with E-state index in [1.54, 1.807) is 10.7 Å². The fourth-order valence-corrected chi connectivity index (χ4v) is 2.90. The van der Waals surface area contributed by atoms with E-state index >= 15 is 0 Å². The van der Waals surface area contributed by atoms with Crippen molar-refractivity contribution < 1.29 is 9.90 Å². The van der Waals surface area contributed by atoms with E-state index in [-0.39, 0.29) is 5.69 Å². The Balaban J connectivity index is 1.86. The predicted molar refractivity (Wildman–Crippen MR) is 92.0 cm³/mol. The number of hydrogen-bond donors (Lipinski definition) is 2.